The molecule has 0 spiro atoms. The molecular formula is C18H32O6. The van der Waals surface area contributed by atoms with Crippen LogP contribution in [0.3, 0.4) is 0 Å². The lowest BCUT2D eigenvalue weighted by Gasteiger charge is -2.36. The van der Waals surface area contributed by atoms with Gasteiger partial charge in [-0.3, -0.25) is 14.4 Å². The van der Waals surface area contributed by atoms with Crippen LogP contribution in [0.15, 0.2) is 0 Å². The van der Waals surface area contributed by atoms with Crippen molar-refractivity contribution in [1.29, 1.82) is 0 Å². The molecular weight excluding hydrogens is 312 g/mol. The Labute approximate surface area is 144 Å². The van der Waals surface area contributed by atoms with Gasteiger partial charge in [-0.15, -0.1) is 0 Å². The van der Waals surface area contributed by atoms with Gasteiger partial charge in [-0.2, -0.15) is 0 Å². The molecule has 140 valence electrons. The summed E-state index contributed by atoms with van der Waals surface area (Å²) in [6.45, 7) is 7.25. The largest absolute Gasteiger partial charge is 0.481 e. The van der Waals surface area contributed by atoms with Crippen LogP contribution in [0.1, 0.15) is 79.1 Å². The van der Waals surface area contributed by atoms with Gasteiger partial charge in [0.2, 0.25) is 0 Å². The van der Waals surface area contributed by atoms with Crippen molar-refractivity contribution in [3.05, 3.63) is 0 Å². The molecule has 1 aliphatic carbocycles. The fourth-order valence-corrected chi connectivity index (χ4v) is 3.20. The minimum absolute atomic E-state index is 0.337. The maximum atomic E-state index is 11.1. The molecule has 6 nitrogen and oxygen atoms in total. The molecule has 0 aromatic heterocycles. The van der Waals surface area contributed by atoms with Crippen LogP contribution >= 0.6 is 0 Å². The van der Waals surface area contributed by atoms with Crippen LogP contribution in [0.2, 0.25) is 0 Å². The van der Waals surface area contributed by atoms with E-state index in [1.54, 1.807) is 20.8 Å². The van der Waals surface area contributed by atoms with Gasteiger partial charge in [0.15, 0.2) is 0 Å². The molecule has 1 rings (SSSR count). The molecule has 0 aliphatic heterocycles. The van der Waals surface area contributed by atoms with Crippen LogP contribution in [0, 0.1) is 16.7 Å². The monoisotopic (exact) mass is 344 g/mol. The first kappa shape index (κ1) is 22.4. The zero-order valence-corrected chi connectivity index (χ0v) is 15.3. The van der Waals surface area contributed by atoms with Gasteiger partial charge in [0.25, 0.3) is 0 Å². The SMILES string of the molecule is CC1(C(=O)O)CCC(C(=O)O)C1(C)C.CCCCCCCC(=O)O. The van der Waals surface area contributed by atoms with Gasteiger partial charge in [0.05, 0.1) is 11.3 Å². The van der Waals surface area contributed by atoms with Crippen LogP contribution in [-0.4, -0.2) is 33.2 Å². The number of aliphatic carboxylic acids is 3. The highest BCUT2D eigenvalue weighted by atomic mass is 16.4. The van der Waals surface area contributed by atoms with Gasteiger partial charge in [0, 0.05) is 6.42 Å². The molecule has 0 aromatic rings. The summed E-state index contributed by atoms with van der Waals surface area (Å²) in [5.74, 6) is -3.01. The Morgan fingerprint density at radius 3 is 1.83 bits per heavy atom. The normalized spacial score (nSPS) is 24.8. The van der Waals surface area contributed by atoms with Crippen molar-refractivity contribution >= 4 is 17.9 Å². The summed E-state index contributed by atoms with van der Waals surface area (Å²) in [4.78, 5) is 32.1. The van der Waals surface area contributed by atoms with Crippen molar-refractivity contribution in [3.63, 3.8) is 0 Å². The summed E-state index contributed by atoms with van der Waals surface area (Å²) in [7, 11) is 0. The van der Waals surface area contributed by atoms with Crippen LogP contribution in [-0.2, 0) is 14.4 Å². The second-order valence-corrected chi connectivity index (χ2v) is 7.35. The Kier molecular flexibility index (Phi) is 9.01. The van der Waals surface area contributed by atoms with Crippen molar-refractivity contribution in [2.75, 3.05) is 0 Å². The third-order valence-corrected chi connectivity index (χ3v) is 5.49. The third kappa shape index (κ3) is 5.80. The van der Waals surface area contributed by atoms with E-state index in [4.69, 9.17) is 15.3 Å². The molecule has 6 heteroatoms. The van der Waals surface area contributed by atoms with Crippen LogP contribution in [0.5, 0.6) is 0 Å². The summed E-state index contributed by atoms with van der Waals surface area (Å²) in [5.41, 5.74) is -1.61. The summed E-state index contributed by atoms with van der Waals surface area (Å²) in [5, 5.41) is 26.4. The maximum absolute atomic E-state index is 11.1. The molecule has 1 fully saturated rings. The summed E-state index contributed by atoms with van der Waals surface area (Å²) in [6, 6.07) is 0. The second-order valence-electron chi connectivity index (χ2n) is 7.35. The molecule has 0 amide bonds. The van der Waals surface area contributed by atoms with Crippen molar-refractivity contribution in [2.24, 2.45) is 16.7 Å². The van der Waals surface area contributed by atoms with Crippen LogP contribution in [0.4, 0.5) is 0 Å². The topological polar surface area (TPSA) is 112 Å². The van der Waals surface area contributed by atoms with Crippen molar-refractivity contribution in [2.45, 2.75) is 79.1 Å². The van der Waals surface area contributed by atoms with E-state index in [0.29, 0.717) is 19.3 Å². The molecule has 0 radical (unpaired) electrons. The Bertz CT molecular complexity index is 443. The molecule has 24 heavy (non-hydrogen) atoms. The standard InChI is InChI=1S/C10H16O4.C8H16O2/c1-9(2)6(7(11)12)4-5-10(9,3)8(13)14;1-2-3-4-5-6-7-8(9)10/h6H,4-5H2,1-3H3,(H,11,12)(H,13,14);2-7H2,1H3,(H,9,10). The lowest BCUT2D eigenvalue weighted by molar-refractivity contribution is -0.157. The Morgan fingerprint density at radius 1 is 0.958 bits per heavy atom. The van der Waals surface area contributed by atoms with E-state index in [2.05, 4.69) is 6.92 Å². The second kappa shape index (κ2) is 9.64. The predicted molar refractivity (Wildman–Crippen MR) is 90.9 cm³/mol. The van der Waals surface area contributed by atoms with Gasteiger partial charge in [-0.05, 0) is 31.6 Å². The fourth-order valence-electron chi connectivity index (χ4n) is 3.20. The average Bonchev–Trinajstić information content (AvgIpc) is 2.71. The smallest absolute Gasteiger partial charge is 0.309 e. The fraction of sp³-hybridized carbons (Fsp3) is 0.833. The van der Waals surface area contributed by atoms with E-state index in [-0.39, 0.29) is 0 Å². The summed E-state index contributed by atoms with van der Waals surface area (Å²) >= 11 is 0. The number of hydrogen-bond acceptors (Lipinski definition) is 3. The highest BCUT2D eigenvalue weighted by Crippen LogP contribution is 2.56. The predicted octanol–water partition coefficient (Wildman–Crippen LogP) is 4.03. The van der Waals surface area contributed by atoms with E-state index in [1.165, 1.54) is 19.3 Å². The number of carboxylic acid groups (broad SMARTS) is 3. The Hall–Kier alpha value is -1.59. The Balaban J connectivity index is 0.000000470. The summed E-state index contributed by atoms with van der Waals surface area (Å²) in [6.07, 6.45) is 6.77. The number of carbonyl (C=O) groups is 3. The maximum Gasteiger partial charge on any atom is 0.309 e. The molecule has 0 aromatic carbocycles. The molecule has 0 heterocycles. The number of rotatable bonds is 8. The van der Waals surface area contributed by atoms with E-state index in [1.807, 2.05) is 0 Å². The lowest BCUT2D eigenvalue weighted by Crippen LogP contribution is -2.42. The van der Waals surface area contributed by atoms with Crippen molar-refractivity contribution in [3.8, 4) is 0 Å². The molecule has 0 bridgehead atoms. The molecule has 2 atom stereocenters. The highest BCUT2D eigenvalue weighted by molar-refractivity contribution is 5.80. The molecule has 0 saturated heterocycles. The molecule has 2 unspecified atom stereocenters. The first-order chi connectivity index (χ1) is 11.0. The average molecular weight is 344 g/mol. The van der Waals surface area contributed by atoms with Crippen LogP contribution in [0.25, 0.3) is 0 Å². The van der Waals surface area contributed by atoms with Gasteiger partial charge in [0.1, 0.15) is 0 Å². The lowest BCUT2D eigenvalue weighted by atomic mass is 9.66. The van der Waals surface area contributed by atoms with Gasteiger partial charge >= 0.3 is 17.9 Å². The zero-order chi connectivity index (χ0) is 19.0. The first-order valence-corrected chi connectivity index (χ1v) is 8.68. The number of hydrogen-bond donors (Lipinski definition) is 3. The van der Waals surface area contributed by atoms with E-state index < -0.39 is 34.7 Å². The minimum atomic E-state index is -0.921. The summed E-state index contributed by atoms with van der Waals surface area (Å²) < 4.78 is 0. The van der Waals surface area contributed by atoms with Crippen LogP contribution < -0.4 is 0 Å². The zero-order valence-electron chi connectivity index (χ0n) is 15.3. The third-order valence-electron chi connectivity index (χ3n) is 5.49. The number of carboxylic acids is 3. The first-order valence-electron chi connectivity index (χ1n) is 8.68. The molecule has 1 saturated carbocycles. The van der Waals surface area contributed by atoms with Gasteiger partial charge in [-0.25, -0.2) is 0 Å². The Morgan fingerprint density at radius 2 is 1.50 bits per heavy atom. The molecule has 3 N–H and O–H groups in total. The van der Waals surface area contributed by atoms with E-state index in [9.17, 15) is 14.4 Å². The number of unbranched alkanes of at least 4 members (excludes halogenated alkanes) is 4. The van der Waals surface area contributed by atoms with Crippen molar-refractivity contribution in [1.82, 2.24) is 0 Å². The molecule has 1 aliphatic rings. The highest BCUT2D eigenvalue weighted by Gasteiger charge is 2.58. The minimum Gasteiger partial charge on any atom is -0.481 e. The quantitative estimate of drug-likeness (QED) is 0.573. The van der Waals surface area contributed by atoms with E-state index >= 15 is 0 Å². The van der Waals surface area contributed by atoms with E-state index in [0.717, 1.165) is 12.8 Å². The van der Waals surface area contributed by atoms with Gasteiger partial charge in [-0.1, -0.05) is 46.5 Å². The van der Waals surface area contributed by atoms with Crippen molar-refractivity contribution < 1.29 is 29.7 Å². The van der Waals surface area contributed by atoms with Gasteiger partial charge < -0.3 is 15.3 Å².